The Morgan fingerprint density at radius 1 is 1.03 bits per heavy atom. The molecule has 0 radical (unpaired) electrons. The van der Waals surface area contributed by atoms with Crippen molar-refractivity contribution in [3.05, 3.63) is 103 Å². The average molecular weight is 918 g/mol. The Kier molecular flexibility index (Phi) is 16.6. The Bertz CT molecular complexity index is 2200. The van der Waals surface area contributed by atoms with Crippen LogP contribution in [0.3, 0.4) is 0 Å². The van der Waals surface area contributed by atoms with Crippen LogP contribution in [-0.2, 0) is 29.1 Å². The summed E-state index contributed by atoms with van der Waals surface area (Å²) in [6.07, 6.45) is 10.4. The quantitative estimate of drug-likeness (QED) is 0.0384. The van der Waals surface area contributed by atoms with Gasteiger partial charge in [0.1, 0.15) is 11.5 Å². The zero-order valence-electron chi connectivity index (χ0n) is 36.9. The van der Waals surface area contributed by atoms with Crippen molar-refractivity contribution in [2.45, 2.75) is 105 Å². The molecular formula is C49H63N3O10S2. The highest BCUT2D eigenvalue weighted by Gasteiger charge is 2.65. The van der Waals surface area contributed by atoms with Crippen LogP contribution < -0.4 is 14.8 Å². The summed E-state index contributed by atoms with van der Waals surface area (Å²) in [4.78, 5) is 19.2. The summed E-state index contributed by atoms with van der Waals surface area (Å²) in [6.45, 7) is 6.65. The topological polar surface area (TPSA) is 165 Å². The molecule has 13 nitrogen and oxygen atoms in total. The number of likely N-dealkylation sites (N-methyl/N-ethyl adjacent to an activating group) is 1. The largest absolute Gasteiger partial charge is 0.493 e. The number of aliphatic hydroxyl groups excluding tert-OH is 2. The minimum absolute atomic E-state index is 0.00284. The number of sulfonamides is 1. The second-order valence-electron chi connectivity index (χ2n) is 16.9. The molecule has 0 bridgehead atoms. The van der Waals surface area contributed by atoms with E-state index >= 15 is 0 Å². The maximum absolute atomic E-state index is 14.9. The molecule has 2 heterocycles. The van der Waals surface area contributed by atoms with Gasteiger partial charge in [-0.1, -0.05) is 48.3 Å². The van der Waals surface area contributed by atoms with Crippen LogP contribution in [0.25, 0.3) is 0 Å². The van der Waals surface area contributed by atoms with E-state index in [1.165, 1.54) is 23.4 Å². The van der Waals surface area contributed by atoms with Gasteiger partial charge in [0.2, 0.25) is 28.0 Å². The van der Waals surface area contributed by atoms with Gasteiger partial charge in [0.05, 0.1) is 42.4 Å². The molecular weight excluding hydrogens is 855 g/mol. The number of allylic oxidation sites excluding steroid dienone is 1. The number of benzene rings is 3. The van der Waals surface area contributed by atoms with Gasteiger partial charge in [0, 0.05) is 67.8 Å². The summed E-state index contributed by atoms with van der Waals surface area (Å²) in [5, 5.41) is 27.5. The minimum Gasteiger partial charge on any atom is -0.493 e. The molecule has 15 heteroatoms. The summed E-state index contributed by atoms with van der Waals surface area (Å²) >= 11 is 1.72. The Balaban J connectivity index is 1.37. The maximum atomic E-state index is 14.9. The van der Waals surface area contributed by atoms with Gasteiger partial charge in [0.15, 0.2) is 0 Å². The lowest BCUT2D eigenvalue weighted by atomic mass is 9.55. The monoisotopic (exact) mass is 917 g/mol. The van der Waals surface area contributed by atoms with E-state index in [9.17, 15) is 23.4 Å². The standard InChI is InChI=1S/C49H63N3O10S2/c1-4-27-60-49-45(52(3)64(56,57)39-22-19-36(20-23-39)50-34(2)55)33-43(51-62-46-18-10-13-28-59-46)41-31-35(14-8-11-25-53)40(17-9-12-26-54)47(48(41)49)42-32-37(21-24-44(42)61-49)58-29-30-63-38-15-6-5-7-16-38/h4-7,15-16,19-24,31-32,35,40,45-48,53-54H,1,8-14,17-18,25-30,33H2,2-3H3,(H,50,55)/t35-,40+,45-,46?,47+,48+,49+/m0/s1. The SMILES string of the molecule is C=CCO[C@@]12Oc3ccc(OCCSc4ccccc4)cc3[C@H]3[C@H](CCCCO)[C@@H](CCCCO)C=C(C(=NOC4CCCCO4)C[C@@H]1N(C)S(=O)(=O)c1ccc(NC(C)=O)cc1)[C@H]32. The highest BCUT2D eigenvalue weighted by molar-refractivity contribution is 7.99. The van der Waals surface area contributed by atoms with E-state index in [0.717, 1.165) is 60.3 Å². The predicted octanol–water partition coefficient (Wildman–Crippen LogP) is 8.30. The third-order valence-corrected chi connectivity index (χ3v) is 15.6. The third kappa shape index (κ3) is 10.9. The molecule has 1 amide bonds. The molecule has 1 unspecified atom stereocenters. The number of thioether (sulfide) groups is 1. The first-order valence-electron chi connectivity index (χ1n) is 22.6. The molecule has 0 spiro atoms. The van der Waals surface area contributed by atoms with Crippen molar-refractivity contribution in [2.24, 2.45) is 22.9 Å². The number of ether oxygens (including phenoxy) is 4. The lowest BCUT2D eigenvalue weighted by Gasteiger charge is -2.59. The number of fused-ring (bicyclic) bond motifs is 2. The van der Waals surface area contributed by atoms with E-state index in [1.807, 2.05) is 30.3 Å². The van der Waals surface area contributed by atoms with Crippen molar-refractivity contribution in [3.63, 3.8) is 0 Å². The first-order valence-corrected chi connectivity index (χ1v) is 25.0. The predicted molar refractivity (Wildman–Crippen MR) is 248 cm³/mol. The number of carbonyl (C=O) groups is 1. The Morgan fingerprint density at radius 3 is 2.50 bits per heavy atom. The molecule has 3 N–H and O–H groups in total. The zero-order chi connectivity index (χ0) is 45.1. The van der Waals surface area contributed by atoms with Crippen LogP contribution in [0.2, 0.25) is 0 Å². The number of hydrogen-bond acceptors (Lipinski definition) is 12. The van der Waals surface area contributed by atoms with Crippen molar-refractivity contribution in [1.29, 1.82) is 0 Å². The van der Waals surface area contributed by atoms with Crippen LogP contribution in [-0.4, -0.2) is 98.5 Å². The number of anilines is 1. The van der Waals surface area contributed by atoms with Crippen LogP contribution in [0.15, 0.2) is 112 Å². The molecule has 1 saturated carbocycles. The molecule has 4 aliphatic rings. The van der Waals surface area contributed by atoms with Gasteiger partial charge in [0.25, 0.3) is 0 Å². The van der Waals surface area contributed by atoms with E-state index < -0.39 is 34.1 Å². The van der Waals surface area contributed by atoms with Crippen molar-refractivity contribution in [1.82, 2.24) is 4.31 Å². The molecule has 0 aromatic heterocycles. The van der Waals surface area contributed by atoms with Crippen LogP contribution in [0.5, 0.6) is 11.5 Å². The summed E-state index contributed by atoms with van der Waals surface area (Å²) < 4.78 is 57.8. The fourth-order valence-electron chi connectivity index (χ4n) is 9.79. The lowest BCUT2D eigenvalue weighted by Crippen LogP contribution is -2.69. The molecule has 2 aliphatic carbocycles. The maximum Gasteiger partial charge on any atom is 0.243 e. The number of oxime groups is 1. The third-order valence-electron chi connectivity index (χ3n) is 12.7. The zero-order valence-corrected chi connectivity index (χ0v) is 38.6. The van der Waals surface area contributed by atoms with E-state index in [-0.39, 0.29) is 54.8 Å². The highest BCUT2D eigenvalue weighted by atomic mass is 32.2. The molecule has 7 rings (SSSR count). The van der Waals surface area contributed by atoms with E-state index in [1.54, 1.807) is 37.0 Å². The number of nitrogens with one attached hydrogen (secondary N) is 1. The molecule has 7 atom stereocenters. The number of aliphatic hydroxyl groups is 2. The number of rotatable bonds is 22. The van der Waals surface area contributed by atoms with Gasteiger partial charge in [-0.3, -0.25) is 4.79 Å². The fraction of sp³-hybridized carbons (Fsp3) is 0.510. The second kappa shape index (κ2) is 22.3. The van der Waals surface area contributed by atoms with Gasteiger partial charge < -0.3 is 39.3 Å². The molecule has 1 saturated heterocycles. The van der Waals surface area contributed by atoms with Crippen LogP contribution in [0.1, 0.15) is 82.6 Å². The number of nitrogens with zero attached hydrogens (tertiary/aromatic N) is 2. The van der Waals surface area contributed by atoms with E-state index in [0.29, 0.717) is 55.4 Å². The first-order chi connectivity index (χ1) is 31.1. The smallest absolute Gasteiger partial charge is 0.243 e. The van der Waals surface area contributed by atoms with Gasteiger partial charge in [-0.05, 0) is 111 Å². The van der Waals surface area contributed by atoms with Crippen molar-refractivity contribution < 1.29 is 47.2 Å². The molecule has 2 aliphatic heterocycles. The first kappa shape index (κ1) is 47.7. The Morgan fingerprint density at radius 2 is 1.80 bits per heavy atom. The van der Waals surface area contributed by atoms with Crippen molar-refractivity contribution in [2.75, 3.05) is 51.2 Å². The van der Waals surface area contributed by atoms with Crippen molar-refractivity contribution >= 4 is 39.1 Å². The molecule has 3 aromatic rings. The number of hydrogen-bond donors (Lipinski definition) is 3. The average Bonchev–Trinajstić information content (AvgIpc) is 3.30. The van der Waals surface area contributed by atoms with Gasteiger partial charge in [-0.2, -0.15) is 4.31 Å². The summed E-state index contributed by atoms with van der Waals surface area (Å²) in [5.41, 5.74) is 2.86. The molecule has 3 aromatic carbocycles. The van der Waals surface area contributed by atoms with Gasteiger partial charge >= 0.3 is 0 Å². The van der Waals surface area contributed by atoms with E-state index in [2.05, 4.69) is 36.2 Å². The number of unbranched alkanes of at least 4 members (excludes halogenated alkanes) is 2. The molecule has 64 heavy (non-hydrogen) atoms. The van der Waals surface area contributed by atoms with Crippen molar-refractivity contribution in [3.8, 4) is 11.5 Å². The molecule has 2 fully saturated rings. The van der Waals surface area contributed by atoms with Crippen LogP contribution in [0, 0.1) is 17.8 Å². The summed E-state index contributed by atoms with van der Waals surface area (Å²) in [5.74, 6) is -0.650. The number of carbonyl (C=O) groups excluding carboxylic acids is 1. The van der Waals surface area contributed by atoms with Crippen LogP contribution in [0.4, 0.5) is 5.69 Å². The molecule has 346 valence electrons. The fourth-order valence-corrected chi connectivity index (χ4v) is 11.9. The van der Waals surface area contributed by atoms with Gasteiger partial charge in [-0.15, -0.1) is 18.3 Å². The second-order valence-corrected chi connectivity index (χ2v) is 20.1. The summed E-state index contributed by atoms with van der Waals surface area (Å²) in [7, 11) is -2.68. The Labute approximate surface area is 382 Å². The highest BCUT2D eigenvalue weighted by Crippen LogP contribution is 2.62. The lowest BCUT2D eigenvalue weighted by molar-refractivity contribution is -0.250. The number of amides is 1. The normalized spacial score (nSPS) is 25.7. The Hall–Kier alpha value is -4.22. The summed E-state index contributed by atoms with van der Waals surface area (Å²) in [6, 6.07) is 21.2. The minimum atomic E-state index is -4.23. The van der Waals surface area contributed by atoms with Crippen LogP contribution >= 0.6 is 11.8 Å². The van der Waals surface area contributed by atoms with Gasteiger partial charge in [-0.25, -0.2) is 8.42 Å². The van der Waals surface area contributed by atoms with E-state index in [4.69, 9.17) is 28.9 Å².